The molecule has 0 spiro atoms. The summed E-state index contributed by atoms with van der Waals surface area (Å²) in [5.41, 5.74) is -0.156. The summed E-state index contributed by atoms with van der Waals surface area (Å²) in [7, 11) is 4.63. The highest BCUT2D eigenvalue weighted by atomic mass is 35.5. The van der Waals surface area contributed by atoms with E-state index in [-0.39, 0.29) is 5.54 Å². The minimum atomic E-state index is -0.156. The Hall–Kier alpha value is 0.500. The summed E-state index contributed by atoms with van der Waals surface area (Å²) in [5, 5.41) is 0. The highest BCUT2D eigenvalue weighted by molar-refractivity contribution is 6.34. The largest absolute Gasteiger partial charge is 0.328 e. The molecular formula is C19H41Cl2N2+. The summed E-state index contributed by atoms with van der Waals surface area (Å²) in [6.45, 7) is 8.82. The molecule has 0 saturated heterocycles. The molecule has 0 fully saturated rings. The van der Waals surface area contributed by atoms with Crippen LogP contribution >= 0.6 is 23.6 Å². The Morgan fingerprint density at radius 3 is 1.61 bits per heavy atom. The number of hydrogen-bond acceptors (Lipinski definition) is 1. The van der Waals surface area contributed by atoms with Gasteiger partial charge >= 0.3 is 0 Å². The van der Waals surface area contributed by atoms with Gasteiger partial charge < -0.3 is 4.48 Å². The summed E-state index contributed by atoms with van der Waals surface area (Å²) in [5.74, 6) is 0. The first-order valence-electron chi connectivity index (χ1n) is 9.65. The number of unbranched alkanes of at least 4 members (excludes halogenated alkanes) is 9. The maximum absolute atomic E-state index is 5.91. The number of halogens is 2. The van der Waals surface area contributed by atoms with E-state index < -0.39 is 0 Å². The summed E-state index contributed by atoms with van der Waals surface area (Å²) in [4.78, 5) is 0. The molecule has 0 aliphatic carbocycles. The van der Waals surface area contributed by atoms with E-state index in [1.165, 1.54) is 74.7 Å². The van der Waals surface area contributed by atoms with Crippen LogP contribution in [-0.2, 0) is 0 Å². The van der Waals surface area contributed by atoms with E-state index >= 15 is 0 Å². The first-order valence-corrected chi connectivity index (χ1v) is 10.3. The summed E-state index contributed by atoms with van der Waals surface area (Å²) < 4.78 is 2.36. The van der Waals surface area contributed by atoms with Crippen LogP contribution in [0.1, 0.15) is 91.4 Å². The third-order valence-electron chi connectivity index (χ3n) is 4.90. The SMILES string of the molecule is CCCCCCCCCCCC[N+](C)(C)CCC(C)(C)N(Cl)Cl. The second-order valence-corrected chi connectivity index (χ2v) is 9.21. The van der Waals surface area contributed by atoms with Crippen LogP contribution < -0.4 is 0 Å². The molecule has 0 aromatic heterocycles. The van der Waals surface area contributed by atoms with Gasteiger partial charge in [-0.25, -0.2) is 0 Å². The quantitative estimate of drug-likeness (QED) is 0.175. The lowest BCUT2D eigenvalue weighted by Crippen LogP contribution is -2.45. The molecule has 0 bridgehead atoms. The van der Waals surface area contributed by atoms with Crippen molar-refractivity contribution in [2.45, 2.75) is 96.9 Å². The van der Waals surface area contributed by atoms with Crippen molar-refractivity contribution in [3.63, 3.8) is 0 Å². The molecule has 0 aromatic carbocycles. The predicted octanol–water partition coefficient (Wildman–Crippen LogP) is 6.76. The monoisotopic (exact) mass is 367 g/mol. The standard InChI is InChI=1S/C19H41Cl2N2/c1-6-7-8-9-10-11-12-13-14-15-17-23(4,5)18-16-19(2,3)22(20)21/h6-18H2,1-5H3/q+1. The molecule has 0 radical (unpaired) electrons. The zero-order valence-corrected chi connectivity index (χ0v) is 17.9. The van der Waals surface area contributed by atoms with E-state index in [2.05, 4.69) is 34.9 Å². The van der Waals surface area contributed by atoms with Gasteiger partial charge in [-0.1, -0.05) is 58.3 Å². The van der Waals surface area contributed by atoms with Crippen LogP contribution in [-0.4, -0.2) is 41.1 Å². The van der Waals surface area contributed by atoms with E-state index in [1.54, 1.807) is 0 Å². The Labute approximate surface area is 156 Å². The average molecular weight is 368 g/mol. The molecule has 4 heteroatoms. The fourth-order valence-electron chi connectivity index (χ4n) is 2.80. The molecule has 0 aromatic rings. The maximum atomic E-state index is 5.91. The van der Waals surface area contributed by atoms with Crippen molar-refractivity contribution < 1.29 is 4.48 Å². The van der Waals surface area contributed by atoms with Crippen LogP contribution in [0, 0.1) is 0 Å². The highest BCUT2D eigenvalue weighted by Gasteiger charge is 2.28. The normalized spacial score (nSPS) is 13.0. The Kier molecular flexibility index (Phi) is 13.1. The van der Waals surface area contributed by atoms with E-state index in [1.807, 2.05) is 0 Å². The van der Waals surface area contributed by atoms with E-state index in [9.17, 15) is 0 Å². The Bertz CT molecular complexity index is 279. The van der Waals surface area contributed by atoms with Crippen LogP contribution in [0.5, 0.6) is 0 Å². The third kappa shape index (κ3) is 13.5. The third-order valence-corrected chi connectivity index (χ3v) is 5.82. The molecular weight excluding hydrogens is 327 g/mol. The molecule has 140 valence electrons. The van der Waals surface area contributed by atoms with E-state index in [0.29, 0.717) is 0 Å². The van der Waals surface area contributed by atoms with Gasteiger partial charge in [0.05, 0.1) is 32.7 Å². The van der Waals surface area contributed by atoms with Crippen molar-refractivity contribution in [1.82, 2.24) is 3.94 Å². The van der Waals surface area contributed by atoms with E-state index in [0.717, 1.165) is 17.4 Å². The van der Waals surface area contributed by atoms with Gasteiger partial charge in [0.15, 0.2) is 0 Å². The van der Waals surface area contributed by atoms with Crippen molar-refractivity contribution in [2.75, 3.05) is 27.2 Å². The summed E-state index contributed by atoms with van der Waals surface area (Å²) in [6.07, 6.45) is 15.0. The Morgan fingerprint density at radius 1 is 0.739 bits per heavy atom. The number of nitrogens with zero attached hydrogens (tertiary/aromatic N) is 2. The molecule has 2 nitrogen and oxygen atoms in total. The fourth-order valence-corrected chi connectivity index (χ4v) is 2.97. The number of hydrogen-bond donors (Lipinski definition) is 0. The van der Waals surface area contributed by atoms with Gasteiger partial charge in [0, 0.05) is 6.42 Å². The lowest BCUT2D eigenvalue weighted by molar-refractivity contribution is -0.891. The summed E-state index contributed by atoms with van der Waals surface area (Å²) in [6, 6.07) is 0. The smallest absolute Gasteiger partial charge is 0.0801 e. The van der Waals surface area contributed by atoms with E-state index in [4.69, 9.17) is 23.6 Å². The van der Waals surface area contributed by atoms with Gasteiger partial charge in [-0.15, -0.1) is 3.94 Å². The minimum Gasteiger partial charge on any atom is -0.328 e. The predicted molar refractivity (Wildman–Crippen MR) is 106 cm³/mol. The van der Waals surface area contributed by atoms with Crippen LogP contribution in [0.2, 0.25) is 0 Å². The lowest BCUT2D eigenvalue weighted by atomic mass is 10.0. The van der Waals surface area contributed by atoms with Crippen LogP contribution in [0.25, 0.3) is 0 Å². The van der Waals surface area contributed by atoms with Gasteiger partial charge in [-0.3, -0.25) is 0 Å². The van der Waals surface area contributed by atoms with Crippen molar-refractivity contribution in [2.24, 2.45) is 0 Å². The van der Waals surface area contributed by atoms with Crippen molar-refractivity contribution >= 4 is 23.6 Å². The molecule has 0 aliphatic rings. The highest BCUT2D eigenvalue weighted by Crippen LogP contribution is 2.24. The molecule has 0 aliphatic heterocycles. The average Bonchev–Trinajstić information content (AvgIpc) is 2.47. The molecule has 0 amide bonds. The fraction of sp³-hybridized carbons (Fsp3) is 1.00. The first-order chi connectivity index (χ1) is 10.7. The molecule has 23 heavy (non-hydrogen) atoms. The molecule has 0 N–H and O–H groups in total. The zero-order chi connectivity index (χ0) is 17.8. The Balaban J connectivity index is 3.59. The van der Waals surface area contributed by atoms with Crippen LogP contribution in [0.4, 0.5) is 0 Å². The molecule has 0 heterocycles. The van der Waals surface area contributed by atoms with Crippen LogP contribution in [0.3, 0.4) is 0 Å². The van der Waals surface area contributed by atoms with Crippen molar-refractivity contribution in [3.8, 4) is 0 Å². The molecule has 0 saturated carbocycles. The van der Waals surface area contributed by atoms with Crippen LogP contribution in [0.15, 0.2) is 0 Å². The molecule has 0 atom stereocenters. The topological polar surface area (TPSA) is 3.24 Å². The first kappa shape index (κ1) is 23.5. The van der Waals surface area contributed by atoms with Gasteiger partial charge in [-0.2, -0.15) is 0 Å². The van der Waals surface area contributed by atoms with Gasteiger partial charge in [0.1, 0.15) is 0 Å². The van der Waals surface area contributed by atoms with Gasteiger partial charge in [0.2, 0.25) is 0 Å². The minimum absolute atomic E-state index is 0.156. The van der Waals surface area contributed by atoms with Gasteiger partial charge in [-0.05, 0) is 50.2 Å². The Morgan fingerprint density at radius 2 is 1.17 bits per heavy atom. The lowest BCUT2D eigenvalue weighted by Gasteiger charge is -2.35. The van der Waals surface area contributed by atoms with Crippen molar-refractivity contribution in [3.05, 3.63) is 0 Å². The second-order valence-electron chi connectivity index (χ2n) is 8.36. The number of quaternary nitrogens is 1. The van der Waals surface area contributed by atoms with Crippen molar-refractivity contribution in [1.29, 1.82) is 0 Å². The molecule has 0 unspecified atom stereocenters. The molecule has 0 rings (SSSR count). The number of rotatable bonds is 15. The maximum Gasteiger partial charge on any atom is 0.0801 e. The summed E-state index contributed by atoms with van der Waals surface area (Å²) >= 11 is 11.8. The van der Waals surface area contributed by atoms with Gasteiger partial charge in [0.25, 0.3) is 0 Å². The second kappa shape index (κ2) is 12.8. The zero-order valence-electron chi connectivity index (χ0n) is 16.3.